The molecule has 72 valence electrons. The minimum Gasteiger partial charge on any atom is -0.494 e. The lowest BCUT2D eigenvalue weighted by Crippen LogP contribution is -1.90. The zero-order valence-electron chi connectivity index (χ0n) is 7.29. The van der Waals surface area contributed by atoms with Crippen LogP contribution in [0.3, 0.4) is 0 Å². The molecule has 2 rings (SSSR count). The normalized spacial score (nSPS) is 10.5. The van der Waals surface area contributed by atoms with Crippen LogP contribution in [0.1, 0.15) is 0 Å². The Morgan fingerprint density at radius 2 is 2.07 bits per heavy atom. The number of aromatic nitrogens is 2. The fraction of sp³-hybridized carbons (Fsp3) is 0.111. The number of methoxy groups -OCH3 is 1. The molecule has 0 atom stereocenters. The largest absolute Gasteiger partial charge is 0.494 e. The number of hydrogen-bond donors (Lipinski definition) is 0. The first-order chi connectivity index (χ1) is 6.74. The molecule has 0 amide bonds. The maximum absolute atomic E-state index is 6.03. The van der Waals surface area contributed by atoms with Gasteiger partial charge in [-0.15, -0.1) is 0 Å². The van der Waals surface area contributed by atoms with E-state index in [-0.39, 0.29) is 0 Å². The second-order valence-corrected chi connectivity index (χ2v) is 3.45. The van der Waals surface area contributed by atoms with Gasteiger partial charge in [0.15, 0.2) is 0 Å². The summed E-state index contributed by atoms with van der Waals surface area (Å²) in [7, 11) is 1.55. The summed E-state index contributed by atoms with van der Waals surface area (Å²) in [6, 6.07) is 3.43. The molecular weight excluding hydrogens is 223 g/mol. The number of fused-ring (bicyclic) bond motifs is 1. The molecule has 0 bridgehead atoms. The average molecular weight is 229 g/mol. The molecular formula is C9H6Cl2N2O. The summed E-state index contributed by atoms with van der Waals surface area (Å²) in [5.41, 5.74) is 0.666. The summed E-state index contributed by atoms with van der Waals surface area (Å²) in [5, 5.41) is 9.31. The Morgan fingerprint density at radius 3 is 2.79 bits per heavy atom. The summed E-state index contributed by atoms with van der Waals surface area (Å²) < 4.78 is 5.12. The Bertz CT molecular complexity index is 487. The number of ether oxygens (including phenoxy) is 1. The molecule has 1 aromatic carbocycles. The number of nitrogens with zero attached hydrogens (tertiary/aromatic N) is 2. The van der Waals surface area contributed by atoms with Crippen LogP contribution in [-0.2, 0) is 0 Å². The van der Waals surface area contributed by atoms with Crippen molar-refractivity contribution >= 4 is 34.1 Å². The zero-order chi connectivity index (χ0) is 10.1. The number of rotatable bonds is 1. The predicted molar refractivity (Wildman–Crippen MR) is 56.1 cm³/mol. The first-order valence-electron chi connectivity index (χ1n) is 3.87. The Morgan fingerprint density at radius 1 is 1.29 bits per heavy atom. The molecule has 0 spiro atoms. The summed E-state index contributed by atoms with van der Waals surface area (Å²) in [6.07, 6.45) is 1.50. The van der Waals surface area contributed by atoms with Gasteiger partial charge in [-0.05, 0) is 12.1 Å². The zero-order valence-corrected chi connectivity index (χ0v) is 8.80. The third kappa shape index (κ3) is 1.38. The fourth-order valence-electron chi connectivity index (χ4n) is 1.22. The van der Waals surface area contributed by atoms with Gasteiger partial charge in [0.1, 0.15) is 5.75 Å². The Balaban J connectivity index is 2.89. The molecule has 0 unspecified atom stereocenters. The van der Waals surface area contributed by atoms with Crippen LogP contribution in [0.2, 0.25) is 10.0 Å². The summed E-state index contributed by atoms with van der Waals surface area (Å²) in [5.74, 6) is 0.572. The van der Waals surface area contributed by atoms with Crippen LogP contribution in [0.4, 0.5) is 0 Å². The second kappa shape index (κ2) is 3.59. The van der Waals surface area contributed by atoms with Crippen molar-refractivity contribution in [3.63, 3.8) is 0 Å². The molecule has 0 fully saturated rings. The number of hydrogen-bond acceptors (Lipinski definition) is 3. The topological polar surface area (TPSA) is 35.0 Å². The molecule has 14 heavy (non-hydrogen) atoms. The van der Waals surface area contributed by atoms with E-state index >= 15 is 0 Å². The van der Waals surface area contributed by atoms with Crippen LogP contribution in [0, 0.1) is 0 Å². The molecule has 0 aliphatic rings. The van der Waals surface area contributed by atoms with E-state index < -0.39 is 0 Å². The Labute approximate surface area is 90.6 Å². The SMILES string of the molecule is COc1cnnc2ccc(Cl)c(Cl)c12. The van der Waals surface area contributed by atoms with Gasteiger partial charge in [0.05, 0.1) is 34.3 Å². The molecule has 5 heteroatoms. The van der Waals surface area contributed by atoms with Gasteiger partial charge >= 0.3 is 0 Å². The van der Waals surface area contributed by atoms with Gasteiger partial charge in [0.2, 0.25) is 0 Å². The van der Waals surface area contributed by atoms with Gasteiger partial charge in [-0.25, -0.2) is 0 Å². The molecule has 0 radical (unpaired) electrons. The molecule has 2 aromatic rings. The van der Waals surface area contributed by atoms with Crippen molar-refractivity contribution in [2.75, 3.05) is 7.11 Å². The smallest absolute Gasteiger partial charge is 0.149 e. The van der Waals surface area contributed by atoms with Crippen molar-refractivity contribution in [3.05, 3.63) is 28.4 Å². The van der Waals surface area contributed by atoms with Gasteiger partial charge < -0.3 is 4.74 Å². The molecule has 1 aromatic heterocycles. The van der Waals surface area contributed by atoms with Gasteiger partial charge in [0, 0.05) is 0 Å². The maximum atomic E-state index is 6.03. The number of benzene rings is 1. The van der Waals surface area contributed by atoms with Crippen LogP contribution >= 0.6 is 23.2 Å². The van der Waals surface area contributed by atoms with E-state index in [4.69, 9.17) is 27.9 Å². The lowest BCUT2D eigenvalue weighted by atomic mass is 10.2. The van der Waals surface area contributed by atoms with E-state index in [1.165, 1.54) is 6.20 Å². The first-order valence-corrected chi connectivity index (χ1v) is 4.63. The van der Waals surface area contributed by atoms with Crippen LogP contribution in [0.15, 0.2) is 18.3 Å². The fourth-order valence-corrected chi connectivity index (χ4v) is 1.63. The molecule has 3 nitrogen and oxygen atoms in total. The van der Waals surface area contributed by atoms with Gasteiger partial charge in [0.25, 0.3) is 0 Å². The molecule has 0 saturated heterocycles. The molecule has 1 heterocycles. The monoisotopic (exact) mass is 228 g/mol. The van der Waals surface area contributed by atoms with Crippen molar-refractivity contribution < 1.29 is 4.74 Å². The minimum atomic E-state index is 0.441. The van der Waals surface area contributed by atoms with E-state index in [2.05, 4.69) is 10.2 Å². The standard InChI is InChI=1S/C9H6Cl2N2O/c1-14-7-4-12-13-6-3-2-5(10)9(11)8(6)7/h2-4H,1H3. The van der Waals surface area contributed by atoms with Crippen molar-refractivity contribution in [1.82, 2.24) is 10.2 Å². The number of halogens is 2. The van der Waals surface area contributed by atoms with Crippen molar-refractivity contribution in [3.8, 4) is 5.75 Å². The maximum Gasteiger partial charge on any atom is 0.149 e. The predicted octanol–water partition coefficient (Wildman–Crippen LogP) is 2.95. The van der Waals surface area contributed by atoms with Gasteiger partial charge in [-0.2, -0.15) is 10.2 Å². The molecule has 0 aliphatic carbocycles. The highest BCUT2D eigenvalue weighted by Crippen LogP contribution is 2.34. The summed E-state index contributed by atoms with van der Waals surface area (Å²) in [6.45, 7) is 0. The Kier molecular flexibility index (Phi) is 2.44. The van der Waals surface area contributed by atoms with Crippen LogP contribution < -0.4 is 4.74 Å². The highest BCUT2D eigenvalue weighted by Gasteiger charge is 2.10. The molecule has 0 aliphatic heterocycles. The van der Waals surface area contributed by atoms with Crippen LogP contribution in [-0.4, -0.2) is 17.3 Å². The highest BCUT2D eigenvalue weighted by molar-refractivity contribution is 6.45. The van der Waals surface area contributed by atoms with Crippen molar-refractivity contribution in [1.29, 1.82) is 0 Å². The van der Waals surface area contributed by atoms with Crippen LogP contribution in [0.25, 0.3) is 10.9 Å². The van der Waals surface area contributed by atoms with E-state index in [0.717, 1.165) is 0 Å². The van der Waals surface area contributed by atoms with E-state index in [9.17, 15) is 0 Å². The minimum absolute atomic E-state index is 0.441. The third-order valence-electron chi connectivity index (χ3n) is 1.88. The summed E-state index contributed by atoms with van der Waals surface area (Å²) >= 11 is 11.9. The summed E-state index contributed by atoms with van der Waals surface area (Å²) in [4.78, 5) is 0. The third-order valence-corrected chi connectivity index (χ3v) is 2.68. The van der Waals surface area contributed by atoms with Crippen LogP contribution in [0.5, 0.6) is 5.75 Å². The highest BCUT2D eigenvalue weighted by atomic mass is 35.5. The quantitative estimate of drug-likeness (QED) is 0.753. The second-order valence-electron chi connectivity index (χ2n) is 2.67. The van der Waals surface area contributed by atoms with Gasteiger partial charge in [-0.1, -0.05) is 23.2 Å². The van der Waals surface area contributed by atoms with E-state index in [0.29, 0.717) is 26.7 Å². The Hall–Kier alpha value is -1.06. The molecule has 0 saturated carbocycles. The lowest BCUT2D eigenvalue weighted by Gasteiger charge is -2.05. The van der Waals surface area contributed by atoms with Crippen molar-refractivity contribution in [2.24, 2.45) is 0 Å². The average Bonchev–Trinajstić information content (AvgIpc) is 2.23. The molecule has 0 N–H and O–H groups in total. The van der Waals surface area contributed by atoms with Gasteiger partial charge in [-0.3, -0.25) is 0 Å². The first kappa shape index (κ1) is 9.49. The van der Waals surface area contributed by atoms with E-state index in [1.807, 2.05) is 0 Å². The van der Waals surface area contributed by atoms with Crippen molar-refractivity contribution in [2.45, 2.75) is 0 Å². The van der Waals surface area contributed by atoms with E-state index in [1.54, 1.807) is 19.2 Å². The lowest BCUT2D eigenvalue weighted by molar-refractivity contribution is 0.417.